The average Bonchev–Trinajstić information content (AvgIpc) is 2.49. The Morgan fingerprint density at radius 1 is 0.950 bits per heavy atom. The number of nitrogens with one attached hydrogen (secondary N) is 1. The molecule has 1 N–H and O–H groups in total. The van der Waals surface area contributed by atoms with E-state index >= 15 is 0 Å². The summed E-state index contributed by atoms with van der Waals surface area (Å²) in [5, 5.41) is 2.95. The van der Waals surface area contributed by atoms with Crippen molar-refractivity contribution in [3.8, 4) is 5.75 Å². The number of benzene rings is 2. The van der Waals surface area contributed by atoms with Crippen molar-refractivity contribution in [2.75, 3.05) is 0 Å². The number of amides is 1. The number of para-hydroxylation sites is 1. The minimum absolute atomic E-state index is 0.0366. The lowest BCUT2D eigenvalue weighted by Crippen LogP contribution is -2.37. The third kappa shape index (κ3) is 3.85. The zero-order valence-electron chi connectivity index (χ0n) is 11.7. The van der Waals surface area contributed by atoms with Crippen LogP contribution in [0.3, 0.4) is 0 Å². The monoisotopic (exact) mass is 269 g/mol. The highest BCUT2D eigenvalue weighted by Gasteiger charge is 2.17. The Balaban J connectivity index is 1.91. The van der Waals surface area contributed by atoms with Gasteiger partial charge in [-0.05, 0) is 31.5 Å². The van der Waals surface area contributed by atoms with Gasteiger partial charge in [-0.2, -0.15) is 0 Å². The molecule has 2 aromatic carbocycles. The molecule has 0 aliphatic rings. The van der Waals surface area contributed by atoms with Crippen LogP contribution in [0.15, 0.2) is 60.7 Å². The van der Waals surface area contributed by atoms with E-state index in [0.717, 1.165) is 5.56 Å². The van der Waals surface area contributed by atoms with Crippen LogP contribution in [0, 0.1) is 0 Å². The summed E-state index contributed by atoms with van der Waals surface area (Å²) in [5.74, 6) is 0.577. The maximum absolute atomic E-state index is 12.1. The van der Waals surface area contributed by atoms with E-state index in [0.29, 0.717) is 5.75 Å². The second kappa shape index (κ2) is 6.75. The second-order valence-electron chi connectivity index (χ2n) is 4.71. The molecule has 2 aromatic rings. The molecule has 2 rings (SSSR count). The highest BCUT2D eigenvalue weighted by atomic mass is 16.5. The molecule has 2 atom stereocenters. The summed E-state index contributed by atoms with van der Waals surface area (Å²) in [6.07, 6.45) is -0.524. The quantitative estimate of drug-likeness (QED) is 0.904. The number of ether oxygens (including phenoxy) is 1. The summed E-state index contributed by atoms with van der Waals surface area (Å²) in [4.78, 5) is 12.1. The first-order valence-electron chi connectivity index (χ1n) is 6.74. The minimum atomic E-state index is -0.524. The molecule has 0 saturated carbocycles. The first-order chi connectivity index (χ1) is 9.66. The van der Waals surface area contributed by atoms with Gasteiger partial charge in [0.05, 0.1) is 6.04 Å². The van der Waals surface area contributed by atoms with Crippen molar-refractivity contribution in [3.05, 3.63) is 66.2 Å². The van der Waals surface area contributed by atoms with Crippen LogP contribution in [0.25, 0.3) is 0 Å². The summed E-state index contributed by atoms with van der Waals surface area (Å²) < 4.78 is 5.60. The van der Waals surface area contributed by atoms with E-state index in [2.05, 4.69) is 5.32 Å². The number of rotatable bonds is 5. The van der Waals surface area contributed by atoms with Crippen LogP contribution in [0.1, 0.15) is 25.5 Å². The number of hydrogen-bond acceptors (Lipinski definition) is 2. The largest absolute Gasteiger partial charge is 0.481 e. The highest BCUT2D eigenvalue weighted by Crippen LogP contribution is 2.13. The molecule has 104 valence electrons. The Bertz CT molecular complexity index is 539. The van der Waals surface area contributed by atoms with E-state index in [4.69, 9.17) is 4.74 Å². The Labute approximate surface area is 119 Å². The first kappa shape index (κ1) is 14.1. The average molecular weight is 269 g/mol. The van der Waals surface area contributed by atoms with Gasteiger partial charge >= 0.3 is 0 Å². The van der Waals surface area contributed by atoms with Crippen LogP contribution in [0.4, 0.5) is 0 Å². The molecule has 3 nitrogen and oxygen atoms in total. The van der Waals surface area contributed by atoms with Gasteiger partial charge < -0.3 is 10.1 Å². The van der Waals surface area contributed by atoms with Crippen molar-refractivity contribution >= 4 is 5.91 Å². The molecule has 0 aliphatic heterocycles. The summed E-state index contributed by atoms with van der Waals surface area (Å²) in [7, 11) is 0. The fourth-order valence-corrected chi connectivity index (χ4v) is 1.91. The molecule has 0 aliphatic carbocycles. The Hall–Kier alpha value is -2.29. The number of carbonyl (C=O) groups excluding carboxylic acids is 1. The van der Waals surface area contributed by atoms with Crippen molar-refractivity contribution in [1.29, 1.82) is 0 Å². The van der Waals surface area contributed by atoms with Gasteiger partial charge in [0.1, 0.15) is 5.75 Å². The molecular formula is C17H19NO2. The maximum Gasteiger partial charge on any atom is 0.261 e. The minimum Gasteiger partial charge on any atom is -0.481 e. The lowest BCUT2D eigenvalue weighted by atomic mass is 10.1. The molecule has 0 bridgehead atoms. The molecule has 0 fully saturated rings. The molecule has 3 heteroatoms. The van der Waals surface area contributed by atoms with Crippen molar-refractivity contribution in [1.82, 2.24) is 5.32 Å². The summed E-state index contributed by atoms with van der Waals surface area (Å²) in [6, 6.07) is 19.2. The highest BCUT2D eigenvalue weighted by molar-refractivity contribution is 5.81. The molecule has 0 spiro atoms. The standard InChI is InChI=1S/C17H19NO2/c1-13(15-9-5-3-6-10-15)18-17(19)14(2)20-16-11-7-4-8-12-16/h3-14H,1-2H3,(H,18,19)/t13-,14+/m1/s1. The third-order valence-corrected chi connectivity index (χ3v) is 3.08. The third-order valence-electron chi connectivity index (χ3n) is 3.08. The summed E-state index contributed by atoms with van der Waals surface area (Å²) >= 11 is 0. The van der Waals surface area contributed by atoms with Crippen molar-refractivity contribution < 1.29 is 9.53 Å². The fourth-order valence-electron chi connectivity index (χ4n) is 1.91. The van der Waals surface area contributed by atoms with Crippen LogP contribution in [0.2, 0.25) is 0 Å². The Morgan fingerprint density at radius 3 is 2.10 bits per heavy atom. The van der Waals surface area contributed by atoms with Gasteiger partial charge in [-0.15, -0.1) is 0 Å². The van der Waals surface area contributed by atoms with Crippen LogP contribution < -0.4 is 10.1 Å². The maximum atomic E-state index is 12.1. The SMILES string of the molecule is C[C@H](Oc1ccccc1)C(=O)N[C@H](C)c1ccccc1. The normalized spacial score (nSPS) is 13.3. The fraction of sp³-hybridized carbons (Fsp3) is 0.235. The van der Waals surface area contributed by atoms with Gasteiger partial charge in [-0.1, -0.05) is 48.5 Å². The molecule has 1 amide bonds. The Kier molecular flexibility index (Phi) is 4.77. The predicted molar refractivity (Wildman–Crippen MR) is 79.5 cm³/mol. The number of hydrogen-bond donors (Lipinski definition) is 1. The van der Waals surface area contributed by atoms with E-state index in [1.165, 1.54) is 0 Å². The van der Waals surface area contributed by atoms with Crippen LogP contribution in [-0.2, 0) is 4.79 Å². The summed E-state index contributed by atoms with van der Waals surface area (Å²) in [5.41, 5.74) is 1.08. The van der Waals surface area contributed by atoms with E-state index < -0.39 is 6.10 Å². The van der Waals surface area contributed by atoms with Gasteiger partial charge in [0.2, 0.25) is 0 Å². The van der Waals surface area contributed by atoms with Crippen LogP contribution in [-0.4, -0.2) is 12.0 Å². The topological polar surface area (TPSA) is 38.3 Å². The Morgan fingerprint density at radius 2 is 1.50 bits per heavy atom. The van der Waals surface area contributed by atoms with Crippen LogP contribution in [0.5, 0.6) is 5.75 Å². The van der Waals surface area contributed by atoms with Gasteiger partial charge in [0.15, 0.2) is 6.10 Å². The predicted octanol–water partition coefficient (Wildman–Crippen LogP) is 3.33. The van der Waals surface area contributed by atoms with Gasteiger partial charge in [0, 0.05) is 0 Å². The molecule has 0 saturated heterocycles. The lowest BCUT2D eigenvalue weighted by Gasteiger charge is -2.19. The van der Waals surface area contributed by atoms with Gasteiger partial charge in [-0.25, -0.2) is 0 Å². The molecule has 20 heavy (non-hydrogen) atoms. The van der Waals surface area contributed by atoms with Crippen molar-refractivity contribution in [2.24, 2.45) is 0 Å². The zero-order valence-corrected chi connectivity index (χ0v) is 11.7. The van der Waals surface area contributed by atoms with E-state index in [-0.39, 0.29) is 11.9 Å². The number of carbonyl (C=O) groups is 1. The van der Waals surface area contributed by atoms with E-state index in [1.54, 1.807) is 6.92 Å². The molecule has 0 heterocycles. The van der Waals surface area contributed by atoms with Crippen molar-refractivity contribution in [3.63, 3.8) is 0 Å². The van der Waals surface area contributed by atoms with E-state index in [1.807, 2.05) is 67.6 Å². The second-order valence-corrected chi connectivity index (χ2v) is 4.71. The zero-order chi connectivity index (χ0) is 14.4. The van der Waals surface area contributed by atoms with E-state index in [9.17, 15) is 4.79 Å². The van der Waals surface area contributed by atoms with Gasteiger partial charge in [-0.3, -0.25) is 4.79 Å². The van der Waals surface area contributed by atoms with Crippen molar-refractivity contribution in [2.45, 2.75) is 26.0 Å². The lowest BCUT2D eigenvalue weighted by molar-refractivity contribution is -0.127. The van der Waals surface area contributed by atoms with Crippen LogP contribution >= 0.6 is 0 Å². The molecular weight excluding hydrogens is 250 g/mol. The first-order valence-corrected chi connectivity index (χ1v) is 6.74. The molecule has 0 unspecified atom stereocenters. The van der Waals surface area contributed by atoms with Gasteiger partial charge in [0.25, 0.3) is 5.91 Å². The molecule has 0 radical (unpaired) electrons. The smallest absolute Gasteiger partial charge is 0.261 e. The molecule has 0 aromatic heterocycles. The summed E-state index contributed by atoms with van der Waals surface area (Å²) in [6.45, 7) is 3.71.